The molecule has 1 aromatic rings. The van der Waals surface area contributed by atoms with Gasteiger partial charge in [0.2, 0.25) is 5.78 Å². The minimum Gasteiger partial charge on any atom is -0.461 e. The molecule has 2 rings (SSSR count). The molecular weight excluding hydrogens is 340 g/mol. The summed E-state index contributed by atoms with van der Waals surface area (Å²) < 4.78 is 11.5. The third kappa shape index (κ3) is 6.29. The molecule has 0 radical (unpaired) electrons. The van der Waals surface area contributed by atoms with Gasteiger partial charge < -0.3 is 9.15 Å². The van der Waals surface area contributed by atoms with E-state index in [1.807, 2.05) is 34.6 Å². The van der Waals surface area contributed by atoms with Gasteiger partial charge in [0.05, 0.1) is 0 Å². The van der Waals surface area contributed by atoms with Crippen molar-refractivity contribution >= 4 is 17.8 Å². The van der Waals surface area contributed by atoms with E-state index in [1.54, 1.807) is 12.1 Å². The molecule has 0 unspecified atom stereocenters. The molecule has 1 aromatic heterocycles. The van der Waals surface area contributed by atoms with E-state index in [1.165, 1.54) is 0 Å². The van der Waals surface area contributed by atoms with Crippen LogP contribution >= 0.6 is 0 Å². The van der Waals surface area contributed by atoms with Gasteiger partial charge in [0, 0.05) is 19.3 Å². The number of hydrogen-bond acceptors (Lipinski definition) is 4. The lowest BCUT2D eigenvalue weighted by Gasteiger charge is -2.20. The zero-order chi connectivity index (χ0) is 20.2. The lowest BCUT2D eigenvalue weighted by Crippen LogP contribution is -2.24. The van der Waals surface area contributed by atoms with Crippen LogP contribution in [0.5, 0.6) is 0 Å². The molecule has 0 aliphatic carbocycles. The van der Waals surface area contributed by atoms with E-state index < -0.39 is 11.6 Å². The number of fused-ring (bicyclic) bond motifs is 2. The van der Waals surface area contributed by atoms with Crippen LogP contribution in [-0.2, 0) is 16.0 Å². The van der Waals surface area contributed by atoms with Crippen LogP contribution < -0.4 is 0 Å². The average molecular weight is 368 g/mol. The summed E-state index contributed by atoms with van der Waals surface area (Å²) in [4.78, 5) is 24.6. The predicted molar refractivity (Wildman–Crippen MR) is 106 cm³/mol. The van der Waals surface area contributed by atoms with E-state index in [0.29, 0.717) is 29.9 Å². The van der Waals surface area contributed by atoms with Gasteiger partial charge in [0.25, 0.3) is 0 Å². The maximum Gasteiger partial charge on any atom is 0.342 e. The molecule has 0 amide bonds. The molecule has 144 valence electrons. The van der Waals surface area contributed by atoms with Crippen molar-refractivity contribution in [3.05, 3.63) is 40.9 Å². The fourth-order valence-electron chi connectivity index (χ4n) is 2.92. The summed E-state index contributed by atoms with van der Waals surface area (Å²) in [6.45, 7) is 13.4. The zero-order valence-electron chi connectivity index (χ0n) is 16.9. The molecule has 0 spiro atoms. The number of ether oxygens (including phenoxy) is 1. The molecular formula is C23H28O4. The van der Waals surface area contributed by atoms with Gasteiger partial charge in [0.1, 0.15) is 22.7 Å². The van der Waals surface area contributed by atoms with Gasteiger partial charge in [-0.3, -0.25) is 4.79 Å². The standard InChI is InChI=1S/C23H28O4/c1-15(2)17-9-7-8-10-18(24)11-16(3)12-19-14-20(21(13-17)26-19)22(25)27-23(4,5)6/h12,14,17H,1,7,9,11,13H2,2-6H3/b16-12-/t17-/m0/s1. The van der Waals surface area contributed by atoms with Crippen molar-refractivity contribution in [2.75, 3.05) is 0 Å². The van der Waals surface area contributed by atoms with Gasteiger partial charge in [-0.2, -0.15) is 0 Å². The van der Waals surface area contributed by atoms with Crippen LogP contribution in [-0.4, -0.2) is 17.4 Å². The number of allylic oxidation sites excluding steroid dienone is 2. The van der Waals surface area contributed by atoms with Crippen molar-refractivity contribution in [3.8, 4) is 11.8 Å². The predicted octanol–water partition coefficient (Wildman–Crippen LogP) is 5.13. The van der Waals surface area contributed by atoms with Crippen molar-refractivity contribution in [1.82, 2.24) is 0 Å². The number of carbonyl (C=O) groups excluding carboxylic acids is 2. The molecule has 1 aliphatic heterocycles. The molecule has 1 aliphatic rings. The van der Waals surface area contributed by atoms with Gasteiger partial charge in [-0.05, 0) is 65.0 Å². The highest BCUT2D eigenvalue weighted by Gasteiger charge is 2.25. The Hall–Kier alpha value is -2.54. The Labute approximate surface area is 161 Å². The zero-order valence-corrected chi connectivity index (χ0v) is 16.9. The van der Waals surface area contributed by atoms with E-state index in [2.05, 4.69) is 18.4 Å². The fraction of sp³-hybridized carbons (Fsp3) is 0.478. The number of esters is 1. The van der Waals surface area contributed by atoms with Crippen LogP contribution in [0.2, 0.25) is 0 Å². The van der Waals surface area contributed by atoms with E-state index in [9.17, 15) is 9.59 Å². The Kier molecular flexibility index (Phi) is 6.49. The molecule has 4 nitrogen and oxygen atoms in total. The summed E-state index contributed by atoms with van der Waals surface area (Å²) in [5.74, 6) is 6.39. The Morgan fingerprint density at radius 1 is 1.37 bits per heavy atom. The van der Waals surface area contributed by atoms with Crippen LogP contribution in [0.4, 0.5) is 0 Å². The lowest BCUT2D eigenvalue weighted by molar-refractivity contribution is -0.113. The van der Waals surface area contributed by atoms with Crippen molar-refractivity contribution in [3.63, 3.8) is 0 Å². The van der Waals surface area contributed by atoms with E-state index >= 15 is 0 Å². The van der Waals surface area contributed by atoms with Gasteiger partial charge in [-0.15, -0.1) is 0 Å². The summed E-state index contributed by atoms with van der Waals surface area (Å²) >= 11 is 0. The second kappa shape index (κ2) is 8.43. The molecule has 0 saturated heterocycles. The normalized spacial score (nSPS) is 20.1. The molecule has 2 bridgehead atoms. The Morgan fingerprint density at radius 2 is 2.07 bits per heavy atom. The van der Waals surface area contributed by atoms with Crippen LogP contribution in [0.25, 0.3) is 6.08 Å². The SMILES string of the molecule is C=C(C)[C@H]1CCC#CC(=O)C/C(C)=C\c2cc(C(=O)OC(C)(C)C)c(o2)C1. The first kappa shape index (κ1) is 20.8. The number of Topliss-reactive ketones (excluding diaryl/α,β-unsaturated/α-hetero) is 1. The maximum atomic E-state index is 12.7. The van der Waals surface area contributed by atoms with E-state index in [-0.39, 0.29) is 18.1 Å². The third-order valence-electron chi connectivity index (χ3n) is 4.25. The first-order valence-electron chi connectivity index (χ1n) is 9.25. The summed E-state index contributed by atoms with van der Waals surface area (Å²) in [7, 11) is 0. The number of hydrogen-bond donors (Lipinski definition) is 0. The van der Waals surface area contributed by atoms with E-state index in [4.69, 9.17) is 9.15 Å². The summed E-state index contributed by atoms with van der Waals surface area (Å²) in [5, 5.41) is 0. The molecule has 27 heavy (non-hydrogen) atoms. The fourth-order valence-corrected chi connectivity index (χ4v) is 2.92. The molecule has 0 fully saturated rings. The second-order valence-corrected chi connectivity index (χ2v) is 8.17. The second-order valence-electron chi connectivity index (χ2n) is 8.17. The molecule has 0 N–H and O–H groups in total. The summed E-state index contributed by atoms with van der Waals surface area (Å²) in [6, 6.07) is 1.70. The minimum atomic E-state index is -0.589. The Balaban J connectivity index is 2.47. The first-order valence-corrected chi connectivity index (χ1v) is 9.25. The number of ketones is 1. The Morgan fingerprint density at radius 3 is 2.70 bits per heavy atom. The topological polar surface area (TPSA) is 56.5 Å². The lowest BCUT2D eigenvalue weighted by atomic mass is 9.91. The van der Waals surface area contributed by atoms with Crippen molar-refractivity contribution in [1.29, 1.82) is 0 Å². The van der Waals surface area contributed by atoms with E-state index in [0.717, 1.165) is 17.6 Å². The van der Waals surface area contributed by atoms with Crippen LogP contribution in [0.3, 0.4) is 0 Å². The van der Waals surface area contributed by atoms with Gasteiger partial charge >= 0.3 is 5.97 Å². The van der Waals surface area contributed by atoms with Crippen LogP contribution in [0, 0.1) is 17.8 Å². The number of carbonyl (C=O) groups is 2. The average Bonchev–Trinajstić information content (AvgIpc) is 2.90. The Bertz CT molecular complexity index is 834. The van der Waals surface area contributed by atoms with Gasteiger partial charge in [0.15, 0.2) is 0 Å². The summed E-state index contributed by atoms with van der Waals surface area (Å²) in [6.07, 6.45) is 3.93. The molecule has 4 heteroatoms. The highest BCUT2D eigenvalue weighted by atomic mass is 16.6. The van der Waals surface area contributed by atoms with Crippen molar-refractivity contribution < 1.29 is 18.7 Å². The summed E-state index contributed by atoms with van der Waals surface area (Å²) in [5.41, 5.74) is 1.68. The maximum absolute atomic E-state index is 12.7. The molecule has 0 aromatic carbocycles. The quantitative estimate of drug-likeness (QED) is 0.314. The molecule has 1 atom stereocenters. The molecule has 0 saturated carbocycles. The number of rotatable bonds is 2. The highest BCUT2D eigenvalue weighted by molar-refractivity contribution is 5.97. The minimum absolute atomic E-state index is 0.111. The largest absolute Gasteiger partial charge is 0.461 e. The first-order chi connectivity index (χ1) is 12.5. The number of furan rings is 1. The highest BCUT2D eigenvalue weighted by Crippen LogP contribution is 2.28. The van der Waals surface area contributed by atoms with Crippen LogP contribution in [0.1, 0.15) is 75.8 Å². The van der Waals surface area contributed by atoms with Gasteiger partial charge in [-0.25, -0.2) is 4.79 Å². The monoisotopic (exact) mass is 368 g/mol. The van der Waals surface area contributed by atoms with Crippen LogP contribution in [0.15, 0.2) is 28.2 Å². The third-order valence-corrected chi connectivity index (χ3v) is 4.25. The molecule has 2 heterocycles. The van der Waals surface area contributed by atoms with Gasteiger partial charge in [-0.1, -0.05) is 23.6 Å². The smallest absolute Gasteiger partial charge is 0.342 e. The van der Waals surface area contributed by atoms with Crippen molar-refractivity contribution in [2.45, 2.75) is 65.9 Å². The van der Waals surface area contributed by atoms with Crippen molar-refractivity contribution in [2.24, 2.45) is 5.92 Å².